The van der Waals surface area contributed by atoms with Crippen molar-refractivity contribution in [2.24, 2.45) is 7.05 Å². The second-order valence-electron chi connectivity index (χ2n) is 5.04. The van der Waals surface area contributed by atoms with Crippen LogP contribution in [0.4, 0.5) is 0 Å². The second kappa shape index (κ2) is 8.63. The highest BCUT2D eigenvalue weighted by molar-refractivity contribution is 7.99. The van der Waals surface area contributed by atoms with Crippen molar-refractivity contribution in [2.75, 3.05) is 12.3 Å². The fraction of sp³-hybridized carbons (Fsp3) is 0.533. The van der Waals surface area contributed by atoms with E-state index in [0.29, 0.717) is 22.5 Å². The van der Waals surface area contributed by atoms with Crippen LogP contribution in [0.1, 0.15) is 32.6 Å². The van der Waals surface area contributed by atoms with E-state index in [9.17, 15) is 4.79 Å². The van der Waals surface area contributed by atoms with E-state index in [4.69, 9.17) is 4.42 Å². The summed E-state index contributed by atoms with van der Waals surface area (Å²) < 4.78 is 7.14. The first-order chi connectivity index (χ1) is 10.7. The second-order valence-corrected chi connectivity index (χ2v) is 5.98. The lowest BCUT2D eigenvalue weighted by Crippen LogP contribution is -2.26. The average molecular weight is 322 g/mol. The van der Waals surface area contributed by atoms with Crippen LogP contribution in [0.2, 0.25) is 0 Å². The monoisotopic (exact) mass is 322 g/mol. The van der Waals surface area contributed by atoms with E-state index in [-0.39, 0.29) is 5.91 Å². The molecule has 0 aliphatic rings. The fourth-order valence-electron chi connectivity index (χ4n) is 2.02. The molecule has 0 fully saturated rings. The number of rotatable bonds is 9. The molecule has 2 aromatic rings. The number of nitrogens with one attached hydrogen (secondary N) is 1. The quantitative estimate of drug-likeness (QED) is 0.568. The molecule has 1 amide bonds. The van der Waals surface area contributed by atoms with E-state index >= 15 is 0 Å². The van der Waals surface area contributed by atoms with Crippen LogP contribution in [0.5, 0.6) is 0 Å². The topological polar surface area (TPSA) is 73.0 Å². The number of amides is 1. The molecule has 0 radical (unpaired) electrons. The Labute approximate surface area is 134 Å². The summed E-state index contributed by atoms with van der Waals surface area (Å²) in [6.45, 7) is 2.92. The van der Waals surface area contributed by atoms with Crippen LogP contribution in [0.3, 0.4) is 0 Å². The third-order valence-electron chi connectivity index (χ3n) is 3.26. The maximum absolute atomic E-state index is 11.8. The standard InChI is InChI=1S/C15H22N4O2S/c1-3-4-5-6-9-16-13(20)11-22-15-18-17-14(19(15)2)12-8-7-10-21-12/h7-8,10H,3-6,9,11H2,1-2H3,(H,16,20). The summed E-state index contributed by atoms with van der Waals surface area (Å²) in [4.78, 5) is 11.8. The summed E-state index contributed by atoms with van der Waals surface area (Å²) in [6.07, 6.45) is 6.23. The lowest BCUT2D eigenvalue weighted by molar-refractivity contribution is -0.118. The van der Waals surface area contributed by atoms with Crippen molar-refractivity contribution in [1.29, 1.82) is 0 Å². The van der Waals surface area contributed by atoms with Crippen molar-refractivity contribution in [3.63, 3.8) is 0 Å². The number of hydrogen-bond donors (Lipinski definition) is 1. The maximum atomic E-state index is 11.8. The highest BCUT2D eigenvalue weighted by Crippen LogP contribution is 2.22. The van der Waals surface area contributed by atoms with E-state index in [2.05, 4.69) is 22.4 Å². The molecule has 2 heterocycles. The summed E-state index contributed by atoms with van der Waals surface area (Å²) in [6, 6.07) is 3.64. The van der Waals surface area contributed by atoms with Crippen LogP contribution >= 0.6 is 11.8 Å². The van der Waals surface area contributed by atoms with E-state index in [0.717, 1.165) is 13.0 Å². The molecule has 6 nitrogen and oxygen atoms in total. The van der Waals surface area contributed by atoms with Gasteiger partial charge in [0.05, 0.1) is 12.0 Å². The predicted molar refractivity (Wildman–Crippen MR) is 86.6 cm³/mol. The van der Waals surface area contributed by atoms with Crippen LogP contribution in [0, 0.1) is 0 Å². The van der Waals surface area contributed by atoms with Gasteiger partial charge < -0.3 is 14.3 Å². The third kappa shape index (κ3) is 4.62. The first kappa shape index (κ1) is 16.6. The molecule has 1 N–H and O–H groups in total. The van der Waals surface area contributed by atoms with Crippen LogP contribution in [-0.4, -0.2) is 33.0 Å². The van der Waals surface area contributed by atoms with Gasteiger partial charge in [0, 0.05) is 13.6 Å². The van der Waals surface area contributed by atoms with Gasteiger partial charge in [-0.1, -0.05) is 37.9 Å². The third-order valence-corrected chi connectivity index (χ3v) is 4.28. The summed E-state index contributed by atoms with van der Waals surface area (Å²) in [5.41, 5.74) is 0. The molecule has 0 bridgehead atoms. The Balaban J connectivity index is 1.76. The Morgan fingerprint density at radius 1 is 1.36 bits per heavy atom. The molecule has 0 aliphatic carbocycles. The molecule has 0 saturated heterocycles. The Hall–Kier alpha value is -1.76. The molecule has 22 heavy (non-hydrogen) atoms. The minimum absolute atomic E-state index is 0.0315. The zero-order chi connectivity index (χ0) is 15.8. The molecule has 0 aromatic carbocycles. The molecule has 0 atom stereocenters. The number of unbranched alkanes of at least 4 members (excludes halogenated alkanes) is 3. The number of carbonyl (C=O) groups is 1. The summed E-state index contributed by atoms with van der Waals surface area (Å²) in [5.74, 6) is 1.71. The van der Waals surface area contributed by atoms with Crippen molar-refractivity contribution in [3.8, 4) is 11.6 Å². The molecule has 0 aliphatic heterocycles. The highest BCUT2D eigenvalue weighted by atomic mass is 32.2. The average Bonchev–Trinajstić information content (AvgIpc) is 3.14. The minimum Gasteiger partial charge on any atom is -0.461 e. The van der Waals surface area contributed by atoms with Crippen molar-refractivity contribution in [3.05, 3.63) is 18.4 Å². The molecule has 7 heteroatoms. The van der Waals surface area contributed by atoms with Gasteiger partial charge >= 0.3 is 0 Å². The van der Waals surface area contributed by atoms with Crippen molar-refractivity contribution >= 4 is 17.7 Å². The van der Waals surface area contributed by atoms with Crippen LogP contribution in [-0.2, 0) is 11.8 Å². The van der Waals surface area contributed by atoms with Gasteiger partial charge in [-0.3, -0.25) is 4.79 Å². The first-order valence-electron chi connectivity index (χ1n) is 7.55. The molecular formula is C15H22N4O2S. The van der Waals surface area contributed by atoms with Gasteiger partial charge in [0.2, 0.25) is 5.91 Å². The molecule has 120 valence electrons. The van der Waals surface area contributed by atoms with Gasteiger partial charge in [-0.2, -0.15) is 0 Å². The molecule has 0 spiro atoms. The Bertz CT molecular complexity index is 580. The zero-order valence-electron chi connectivity index (χ0n) is 13.0. The normalized spacial score (nSPS) is 10.8. The van der Waals surface area contributed by atoms with E-state index in [1.165, 1.54) is 31.0 Å². The number of carbonyl (C=O) groups excluding carboxylic acids is 1. The molecule has 2 aromatic heterocycles. The van der Waals surface area contributed by atoms with Gasteiger partial charge in [0.1, 0.15) is 0 Å². The van der Waals surface area contributed by atoms with Gasteiger partial charge in [0.15, 0.2) is 16.7 Å². The van der Waals surface area contributed by atoms with Gasteiger partial charge in [-0.15, -0.1) is 10.2 Å². The smallest absolute Gasteiger partial charge is 0.230 e. The first-order valence-corrected chi connectivity index (χ1v) is 8.53. The van der Waals surface area contributed by atoms with Crippen LogP contribution in [0.25, 0.3) is 11.6 Å². The Morgan fingerprint density at radius 3 is 2.95 bits per heavy atom. The SMILES string of the molecule is CCCCCCNC(=O)CSc1nnc(-c2ccco2)n1C. The molecular weight excluding hydrogens is 300 g/mol. The van der Waals surface area contributed by atoms with E-state index in [1.54, 1.807) is 6.26 Å². The number of hydrogen-bond acceptors (Lipinski definition) is 5. The number of thioether (sulfide) groups is 1. The Kier molecular flexibility index (Phi) is 6.51. The van der Waals surface area contributed by atoms with Crippen molar-refractivity contribution < 1.29 is 9.21 Å². The summed E-state index contributed by atoms with van der Waals surface area (Å²) in [7, 11) is 1.86. The van der Waals surface area contributed by atoms with Crippen molar-refractivity contribution in [1.82, 2.24) is 20.1 Å². The Morgan fingerprint density at radius 2 is 2.23 bits per heavy atom. The van der Waals surface area contributed by atoms with Crippen LogP contribution in [0.15, 0.2) is 28.0 Å². The van der Waals surface area contributed by atoms with Gasteiger partial charge in [-0.25, -0.2) is 0 Å². The minimum atomic E-state index is 0.0315. The molecule has 0 unspecified atom stereocenters. The fourth-order valence-corrected chi connectivity index (χ4v) is 2.76. The number of nitrogens with zero attached hydrogens (tertiary/aromatic N) is 3. The summed E-state index contributed by atoms with van der Waals surface area (Å²) in [5, 5.41) is 11.8. The van der Waals surface area contributed by atoms with Gasteiger partial charge in [-0.05, 0) is 18.6 Å². The largest absolute Gasteiger partial charge is 0.461 e. The molecule has 2 rings (SSSR count). The lowest BCUT2D eigenvalue weighted by atomic mass is 10.2. The van der Waals surface area contributed by atoms with E-state index in [1.807, 2.05) is 23.7 Å². The van der Waals surface area contributed by atoms with Gasteiger partial charge in [0.25, 0.3) is 0 Å². The highest BCUT2D eigenvalue weighted by Gasteiger charge is 2.14. The predicted octanol–water partition coefficient (Wildman–Crippen LogP) is 2.86. The number of furan rings is 1. The van der Waals surface area contributed by atoms with Crippen molar-refractivity contribution in [2.45, 2.75) is 37.8 Å². The summed E-state index contributed by atoms with van der Waals surface area (Å²) >= 11 is 1.38. The van der Waals surface area contributed by atoms with Crippen LogP contribution < -0.4 is 5.32 Å². The maximum Gasteiger partial charge on any atom is 0.230 e. The van der Waals surface area contributed by atoms with E-state index < -0.39 is 0 Å². The lowest BCUT2D eigenvalue weighted by Gasteiger charge is -2.05. The molecule has 0 saturated carbocycles. The number of aromatic nitrogens is 3. The zero-order valence-corrected chi connectivity index (χ0v) is 13.9.